The van der Waals surface area contributed by atoms with Crippen molar-refractivity contribution in [2.45, 2.75) is 38.9 Å². The van der Waals surface area contributed by atoms with Gasteiger partial charge in [-0.1, -0.05) is 12.2 Å². The largest absolute Gasteiger partial charge is 0.465 e. The molecule has 4 nitrogen and oxygen atoms in total. The molecule has 0 aromatic rings. The smallest absolute Gasteiger partial charge is 0.316 e. The summed E-state index contributed by atoms with van der Waals surface area (Å²) in [6.45, 7) is 3.49. The van der Waals surface area contributed by atoms with Crippen LogP contribution in [-0.2, 0) is 19.0 Å². The van der Waals surface area contributed by atoms with Crippen molar-refractivity contribution >= 4 is 5.97 Å². The Morgan fingerprint density at radius 3 is 2.82 bits per heavy atom. The van der Waals surface area contributed by atoms with E-state index in [2.05, 4.69) is 6.08 Å². The Bertz CT molecular complexity index is 294. The Hall–Kier alpha value is -0.870. The summed E-state index contributed by atoms with van der Waals surface area (Å²) in [7, 11) is 0. The van der Waals surface area contributed by atoms with Gasteiger partial charge < -0.3 is 14.2 Å². The second-order valence-corrected chi connectivity index (χ2v) is 4.55. The summed E-state index contributed by atoms with van der Waals surface area (Å²) in [6, 6.07) is 0. The van der Waals surface area contributed by atoms with Crippen LogP contribution in [0.25, 0.3) is 0 Å². The summed E-state index contributed by atoms with van der Waals surface area (Å²) in [4.78, 5) is 12.1. The first-order valence-corrected chi connectivity index (χ1v) is 6.35. The van der Waals surface area contributed by atoms with Crippen LogP contribution in [0.2, 0.25) is 0 Å². The molecule has 1 fully saturated rings. The van der Waals surface area contributed by atoms with Crippen LogP contribution in [0.4, 0.5) is 0 Å². The fraction of sp³-hybridized carbons (Fsp3) is 0.769. The lowest BCUT2D eigenvalue weighted by Crippen LogP contribution is -2.36. The van der Waals surface area contributed by atoms with E-state index in [-0.39, 0.29) is 12.3 Å². The van der Waals surface area contributed by atoms with E-state index in [1.54, 1.807) is 0 Å². The lowest BCUT2D eigenvalue weighted by Gasteiger charge is -2.32. The molecule has 1 atom stereocenters. The molecule has 0 spiro atoms. The van der Waals surface area contributed by atoms with E-state index >= 15 is 0 Å². The molecular formula is C13H20O4. The Morgan fingerprint density at radius 1 is 1.47 bits per heavy atom. The molecule has 0 aromatic heterocycles. The Labute approximate surface area is 102 Å². The van der Waals surface area contributed by atoms with E-state index in [4.69, 9.17) is 14.2 Å². The molecule has 0 N–H and O–H groups in total. The van der Waals surface area contributed by atoms with E-state index < -0.39 is 5.41 Å². The average Bonchev–Trinajstić information content (AvgIpc) is 2.83. The summed E-state index contributed by atoms with van der Waals surface area (Å²) in [5.74, 6) is -0.143. The summed E-state index contributed by atoms with van der Waals surface area (Å²) in [6.07, 6.45) is 7.24. The van der Waals surface area contributed by atoms with E-state index in [1.165, 1.54) is 0 Å². The van der Waals surface area contributed by atoms with Crippen LogP contribution in [0.3, 0.4) is 0 Å². The highest BCUT2D eigenvalue weighted by Gasteiger charge is 2.41. The molecule has 0 saturated carbocycles. The maximum atomic E-state index is 12.1. The van der Waals surface area contributed by atoms with Crippen molar-refractivity contribution in [2.75, 3.05) is 19.8 Å². The van der Waals surface area contributed by atoms with E-state index in [0.29, 0.717) is 26.2 Å². The van der Waals surface area contributed by atoms with Crippen molar-refractivity contribution in [1.82, 2.24) is 0 Å². The minimum absolute atomic E-state index is 0.143. The number of carbonyl (C=O) groups is 1. The third-order valence-electron chi connectivity index (χ3n) is 3.33. The zero-order valence-electron chi connectivity index (χ0n) is 10.3. The maximum Gasteiger partial charge on any atom is 0.316 e. The predicted molar refractivity (Wildman–Crippen MR) is 62.4 cm³/mol. The number of allylic oxidation sites excluding steroid dienone is 1. The van der Waals surface area contributed by atoms with Crippen LogP contribution in [0, 0.1) is 5.41 Å². The third-order valence-corrected chi connectivity index (χ3v) is 3.33. The SMILES string of the molecule is CCOC(=O)C1(CC2OCCO2)C=CCCC1. The summed E-state index contributed by atoms with van der Waals surface area (Å²) >= 11 is 0. The van der Waals surface area contributed by atoms with Gasteiger partial charge in [-0.15, -0.1) is 0 Å². The van der Waals surface area contributed by atoms with Crippen molar-refractivity contribution in [3.05, 3.63) is 12.2 Å². The van der Waals surface area contributed by atoms with Gasteiger partial charge in [0, 0.05) is 6.42 Å². The number of ether oxygens (including phenoxy) is 3. The highest BCUT2D eigenvalue weighted by molar-refractivity contribution is 5.79. The first-order valence-electron chi connectivity index (χ1n) is 6.35. The van der Waals surface area contributed by atoms with E-state index in [9.17, 15) is 4.79 Å². The van der Waals surface area contributed by atoms with Gasteiger partial charge in [0.25, 0.3) is 0 Å². The normalized spacial score (nSPS) is 29.5. The van der Waals surface area contributed by atoms with Gasteiger partial charge >= 0.3 is 5.97 Å². The molecule has 1 saturated heterocycles. The molecule has 0 bridgehead atoms. The van der Waals surface area contributed by atoms with Crippen LogP contribution in [-0.4, -0.2) is 32.1 Å². The van der Waals surface area contributed by atoms with Gasteiger partial charge in [-0.3, -0.25) is 4.79 Å². The molecule has 1 aliphatic heterocycles. The number of hydrogen-bond donors (Lipinski definition) is 0. The monoisotopic (exact) mass is 240 g/mol. The van der Waals surface area contributed by atoms with Gasteiger partial charge in [0.2, 0.25) is 0 Å². The molecule has 2 aliphatic rings. The fourth-order valence-corrected chi connectivity index (χ4v) is 2.45. The molecule has 1 heterocycles. The molecule has 0 amide bonds. The maximum absolute atomic E-state index is 12.1. The fourth-order valence-electron chi connectivity index (χ4n) is 2.45. The van der Waals surface area contributed by atoms with Crippen LogP contribution in [0.15, 0.2) is 12.2 Å². The highest BCUT2D eigenvalue weighted by Crippen LogP contribution is 2.38. The zero-order chi connectivity index (χ0) is 12.1. The Balaban J connectivity index is 2.08. The molecule has 0 aromatic carbocycles. The van der Waals surface area contributed by atoms with Crippen LogP contribution < -0.4 is 0 Å². The van der Waals surface area contributed by atoms with Crippen molar-refractivity contribution in [3.63, 3.8) is 0 Å². The van der Waals surface area contributed by atoms with Crippen molar-refractivity contribution in [1.29, 1.82) is 0 Å². The topological polar surface area (TPSA) is 44.8 Å². The van der Waals surface area contributed by atoms with Gasteiger partial charge in [-0.2, -0.15) is 0 Å². The van der Waals surface area contributed by atoms with E-state index in [0.717, 1.165) is 19.3 Å². The number of esters is 1. The summed E-state index contributed by atoms with van der Waals surface area (Å²) in [5, 5.41) is 0. The van der Waals surface area contributed by atoms with Gasteiger partial charge in [0.15, 0.2) is 6.29 Å². The molecule has 96 valence electrons. The second-order valence-electron chi connectivity index (χ2n) is 4.55. The first-order chi connectivity index (χ1) is 8.27. The molecule has 1 unspecified atom stereocenters. The number of rotatable bonds is 4. The summed E-state index contributed by atoms with van der Waals surface area (Å²) < 4.78 is 16.1. The van der Waals surface area contributed by atoms with Gasteiger partial charge in [-0.25, -0.2) is 0 Å². The quantitative estimate of drug-likeness (QED) is 0.557. The average molecular weight is 240 g/mol. The van der Waals surface area contributed by atoms with Crippen molar-refractivity contribution in [2.24, 2.45) is 5.41 Å². The lowest BCUT2D eigenvalue weighted by molar-refractivity contribution is -0.159. The van der Waals surface area contributed by atoms with Crippen molar-refractivity contribution < 1.29 is 19.0 Å². The first kappa shape index (κ1) is 12.6. The molecule has 2 rings (SSSR count). The third kappa shape index (κ3) is 2.87. The second kappa shape index (κ2) is 5.65. The standard InChI is InChI=1S/C13H20O4/c1-2-15-12(14)13(6-4-3-5-7-13)10-11-16-8-9-17-11/h4,6,11H,2-3,5,7-10H2,1H3. The molecule has 0 radical (unpaired) electrons. The molecular weight excluding hydrogens is 220 g/mol. The Morgan fingerprint density at radius 2 is 2.24 bits per heavy atom. The van der Waals surface area contributed by atoms with Gasteiger partial charge in [0.05, 0.1) is 25.2 Å². The minimum atomic E-state index is -0.538. The van der Waals surface area contributed by atoms with Crippen LogP contribution >= 0.6 is 0 Å². The summed E-state index contributed by atoms with van der Waals surface area (Å²) in [5.41, 5.74) is -0.538. The lowest BCUT2D eigenvalue weighted by atomic mass is 9.76. The molecule has 1 aliphatic carbocycles. The predicted octanol–water partition coefficient (Wildman–Crippen LogP) is 2.04. The molecule has 4 heteroatoms. The van der Waals surface area contributed by atoms with Gasteiger partial charge in [0.1, 0.15) is 0 Å². The van der Waals surface area contributed by atoms with Crippen molar-refractivity contribution in [3.8, 4) is 0 Å². The van der Waals surface area contributed by atoms with E-state index in [1.807, 2.05) is 13.0 Å². The van der Waals surface area contributed by atoms with Crippen LogP contribution in [0.1, 0.15) is 32.6 Å². The van der Waals surface area contributed by atoms with Gasteiger partial charge in [-0.05, 0) is 26.2 Å². The number of carbonyl (C=O) groups excluding carboxylic acids is 1. The number of hydrogen-bond acceptors (Lipinski definition) is 4. The Kier molecular flexibility index (Phi) is 4.18. The minimum Gasteiger partial charge on any atom is -0.465 e. The zero-order valence-corrected chi connectivity index (χ0v) is 10.3. The van der Waals surface area contributed by atoms with Crippen LogP contribution in [0.5, 0.6) is 0 Å². The molecule has 17 heavy (non-hydrogen) atoms. The highest BCUT2D eigenvalue weighted by atomic mass is 16.7.